The molecule has 0 radical (unpaired) electrons. The lowest BCUT2D eigenvalue weighted by Crippen LogP contribution is -2.27. The lowest BCUT2D eigenvalue weighted by atomic mass is 10.1. The number of rotatable bonds is 4. The summed E-state index contributed by atoms with van der Waals surface area (Å²) in [5.41, 5.74) is 6.43. The molecule has 17 heavy (non-hydrogen) atoms. The average molecular weight is 257 g/mol. The van der Waals surface area contributed by atoms with E-state index in [1.54, 1.807) is 6.07 Å². The Labute approximate surface area is 106 Å². The summed E-state index contributed by atoms with van der Waals surface area (Å²) in [4.78, 5) is 11.9. The van der Waals surface area contributed by atoms with Gasteiger partial charge in [-0.2, -0.15) is 0 Å². The van der Waals surface area contributed by atoms with Gasteiger partial charge in [0.2, 0.25) is 0 Å². The van der Waals surface area contributed by atoms with Crippen LogP contribution in [0.1, 0.15) is 24.2 Å². The van der Waals surface area contributed by atoms with Gasteiger partial charge in [-0.25, -0.2) is 0 Å². The maximum absolute atomic E-state index is 11.9. The molecule has 3 N–H and O–H groups in total. The van der Waals surface area contributed by atoms with Crippen LogP contribution in [-0.2, 0) is 0 Å². The van der Waals surface area contributed by atoms with Gasteiger partial charge in [0.1, 0.15) is 5.75 Å². The molecule has 0 aliphatic heterocycles. The second kappa shape index (κ2) is 5.77. The molecule has 1 amide bonds. The molecular weight excluding hydrogens is 240 g/mol. The molecule has 0 atom stereocenters. The number of ether oxygens (including phenoxy) is 1. The molecule has 0 fully saturated rings. The second-order valence-electron chi connectivity index (χ2n) is 4.18. The minimum Gasteiger partial charge on any atom is -0.496 e. The number of anilines is 1. The number of benzene rings is 1. The highest BCUT2D eigenvalue weighted by Gasteiger charge is 2.14. The number of hydrogen-bond donors (Lipinski definition) is 2. The third-order valence-electron chi connectivity index (χ3n) is 2.23. The number of carbonyl (C=O) groups is 1. The molecule has 0 spiro atoms. The molecule has 0 unspecified atom stereocenters. The van der Waals surface area contributed by atoms with Crippen LogP contribution in [0.4, 0.5) is 5.69 Å². The zero-order chi connectivity index (χ0) is 13.0. The summed E-state index contributed by atoms with van der Waals surface area (Å²) in [6.07, 6.45) is 0. The van der Waals surface area contributed by atoms with Crippen molar-refractivity contribution in [2.75, 3.05) is 19.4 Å². The molecule has 1 aromatic rings. The van der Waals surface area contributed by atoms with Crippen molar-refractivity contribution in [3.05, 3.63) is 22.7 Å². The van der Waals surface area contributed by atoms with Crippen molar-refractivity contribution in [2.24, 2.45) is 5.92 Å². The van der Waals surface area contributed by atoms with E-state index in [4.69, 9.17) is 22.1 Å². The zero-order valence-corrected chi connectivity index (χ0v) is 11.0. The fourth-order valence-electron chi connectivity index (χ4n) is 1.31. The van der Waals surface area contributed by atoms with Crippen LogP contribution in [0.25, 0.3) is 0 Å². The van der Waals surface area contributed by atoms with E-state index in [9.17, 15) is 4.79 Å². The Morgan fingerprint density at radius 1 is 1.53 bits per heavy atom. The smallest absolute Gasteiger partial charge is 0.255 e. The summed E-state index contributed by atoms with van der Waals surface area (Å²) in [5, 5.41) is 3.15. The summed E-state index contributed by atoms with van der Waals surface area (Å²) in [5.74, 6) is 0.597. The third kappa shape index (κ3) is 3.53. The first-order chi connectivity index (χ1) is 7.95. The van der Waals surface area contributed by atoms with Crippen LogP contribution < -0.4 is 15.8 Å². The minimum absolute atomic E-state index is 0.211. The van der Waals surface area contributed by atoms with E-state index in [1.807, 2.05) is 13.8 Å². The van der Waals surface area contributed by atoms with Crippen LogP contribution in [0, 0.1) is 5.92 Å². The first-order valence-electron chi connectivity index (χ1n) is 5.37. The summed E-state index contributed by atoms with van der Waals surface area (Å²) in [6, 6.07) is 3.07. The molecule has 1 aromatic carbocycles. The number of halogens is 1. The van der Waals surface area contributed by atoms with Crippen molar-refractivity contribution in [3.63, 3.8) is 0 Å². The molecule has 1 rings (SSSR count). The van der Waals surface area contributed by atoms with Crippen molar-refractivity contribution in [1.82, 2.24) is 5.32 Å². The number of methoxy groups -OCH3 is 1. The Morgan fingerprint density at radius 2 is 2.18 bits per heavy atom. The van der Waals surface area contributed by atoms with Crippen LogP contribution in [0.5, 0.6) is 5.75 Å². The average Bonchev–Trinajstić information content (AvgIpc) is 2.28. The summed E-state index contributed by atoms with van der Waals surface area (Å²) >= 11 is 5.89. The van der Waals surface area contributed by atoms with E-state index < -0.39 is 0 Å². The topological polar surface area (TPSA) is 64.3 Å². The number of carbonyl (C=O) groups excluding carboxylic acids is 1. The number of nitrogens with one attached hydrogen (secondary N) is 1. The molecule has 0 aromatic heterocycles. The van der Waals surface area contributed by atoms with Gasteiger partial charge in [0.05, 0.1) is 23.4 Å². The van der Waals surface area contributed by atoms with Crippen LogP contribution in [0.15, 0.2) is 12.1 Å². The first kappa shape index (κ1) is 13.6. The van der Waals surface area contributed by atoms with E-state index in [0.717, 1.165) is 0 Å². The SMILES string of the molecule is COc1cc(N)c(Cl)cc1C(=O)NCC(C)C. The van der Waals surface area contributed by atoms with Crippen LogP contribution in [0.3, 0.4) is 0 Å². The fraction of sp³-hybridized carbons (Fsp3) is 0.417. The maximum Gasteiger partial charge on any atom is 0.255 e. The van der Waals surface area contributed by atoms with Gasteiger partial charge in [-0.1, -0.05) is 25.4 Å². The van der Waals surface area contributed by atoms with Crippen molar-refractivity contribution >= 4 is 23.2 Å². The van der Waals surface area contributed by atoms with E-state index in [2.05, 4.69) is 5.32 Å². The largest absolute Gasteiger partial charge is 0.496 e. The Hall–Kier alpha value is -1.42. The Balaban J connectivity index is 2.96. The van der Waals surface area contributed by atoms with Gasteiger partial charge in [-0.05, 0) is 12.0 Å². The molecule has 5 heteroatoms. The van der Waals surface area contributed by atoms with Gasteiger partial charge in [0.25, 0.3) is 5.91 Å². The van der Waals surface area contributed by atoms with Crippen molar-refractivity contribution in [2.45, 2.75) is 13.8 Å². The molecule has 0 aliphatic carbocycles. The number of nitrogen functional groups attached to an aromatic ring is 1. The van der Waals surface area contributed by atoms with Crippen molar-refractivity contribution in [3.8, 4) is 5.75 Å². The first-order valence-corrected chi connectivity index (χ1v) is 5.74. The summed E-state index contributed by atoms with van der Waals surface area (Å²) in [7, 11) is 1.49. The Morgan fingerprint density at radius 3 is 2.71 bits per heavy atom. The standard InChI is InChI=1S/C12H17ClN2O2/c1-7(2)6-15-12(16)8-4-9(13)10(14)5-11(8)17-3/h4-5,7H,6,14H2,1-3H3,(H,15,16). The molecule has 0 aliphatic rings. The molecule has 0 saturated carbocycles. The highest BCUT2D eigenvalue weighted by atomic mass is 35.5. The fourth-order valence-corrected chi connectivity index (χ4v) is 1.47. The highest BCUT2D eigenvalue weighted by Crippen LogP contribution is 2.28. The minimum atomic E-state index is -0.211. The number of amides is 1. The van der Waals surface area contributed by atoms with Crippen LogP contribution >= 0.6 is 11.6 Å². The van der Waals surface area contributed by atoms with Crippen LogP contribution in [0.2, 0.25) is 5.02 Å². The number of nitrogens with two attached hydrogens (primary N) is 1. The quantitative estimate of drug-likeness (QED) is 0.813. The van der Waals surface area contributed by atoms with Gasteiger partial charge in [-0.3, -0.25) is 4.79 Å². The maximum atomic E-state index is 11.9. The molecule has 4 nitrogen and oxygen atoms in total. The van der Waals surface area contributed by atoms with Gasteiger partial charge in [0.15, 0.2) is 0 Å². The van der Waals surface area contributed by atoms with Crippen molar-refractivity contribution < 1.29 is 9.53 Å². The predicted octanol–water partition coefficient (Wildman–Crippen LogP) is 2.32. The van der Waals surface area contributed by atoms with Crippen LogP contribution in [-0.4, -0.2) is 19.6 Å². The predicted molar refractivity (Wildman–Crippen MR) is 69.6 cm³/mol. The van der Waals surface area contributed by atoms with Crippen molar-refractivity contribution in [1.29, 1.82) is 0 Å². The van der Waals surface area contributed by atoms with E-state index in [0.29, 0.717) is 34.5 Å². The lowest BCUT2D eigenvalue weighted by molar-refractivity contribution is 0.0946. The van der Waals surface area contributed by atoms with E-state index in [-0.39, 0.29) is 5.91 Å². The van der Waals surface area contributed by atoms with E-state index >= 15 is 0 Å². The summed E-state index contributed by atoms with van der Waals surface area (Å²) in [6.45, 7) is 4.64. The third-order valence-corrected chi connectivity index (χ3v) is 2.56. The van der Waals surface area contributed by atoms with E-state index in [1.165, 1.54) is 13.2 Å². The second-order valence-corrected chi connectivity index (χ2v) is 4.59. The summed E-state index contributed by atoms with van der Waals surface area (Å²) < 4.78 is 5.11. The normalized spacial score (nSPS) is 10.4. The monoisotopic (exact) mass is 256 g/mol. The molecule has 0 bridgehead atoms. The lowest BCUT2D eigenvalue weighted by Gasteiger charge is -2.12. The molecular formula is C12H17ClN2O2. The highest BCUT2D eigenvalue weighted by molar-refractivity contribution is 6.33. The van der Waals surface area contributed by atoms with Gasteiger partial charge in [0, 0.05) is 12.6 Å². The molecule has 94 valence electrons. The molecule has 0 saturated heterocycles. The number of hydrogen-bond acceptors (Lipinski definition) is 3. The van der Waals surface area contributed by atoms with Gasteiger partial charge < -0.3 is 15.8 Å². The van der Waals surface area contributed by atoms with Gasteiger partial charge >= 0.3 is 0 Å². The Kier molecular flexibility index (Phi) is 4.63. The molecule has 0 heterocycles. The zero-order valence-electron chi connectivity index (χ0n) is 10.2. The van der Waals surface area contributed by atoms with Gasteiger partial charge in [-0.15, -0.1) is 0 Å². The Bertz CT molecular complexity index is 419.